The van der Waals surface area contributed by atoms with Crippen molar-refractivity contribution in [2.45, 2.75) is 4.90 Å². The summed E-state index contributed by atoms with van der Waals surface area (Å²) in [6, 6.07) is 5.37. The number of sulfonamides is 1. The lowest BCUT2D eigenvalue weighted by atomic mass is 10.3. The predicted molar refractivity (Wildman–Crippen MR) is 51.9 cm³/mol. The van der Waals surface area contributed by atoms with Gasteiger partial charge < -0.3 is 0 Å². The van der Waals surface area contributed by atoms with Gasteiger partial charge in [-0.25, -0.2) is 8.42 Å². The Morgan fingerprint density at radius 2 is 1.87 bits per heavy atom. The van der Waals surface area contributed by atoms with Gasteiger partial charge in [0.1, 0.15) is 0 Å². The van der Waals surface area contributed by atoms with Crippen LogP contribution in [0.1, 0.15) is 0 Å². The first-order chi connectivity index (χ1) is 7.03. The molecule has 1 aliphatic heterocycles. The van der Waals surface area contributed by atoms with Crippen LogP contribution in [0.15, 0.2) is 29.2 Å². The van der Waals surface area contributed by atoms with Gasteiger partial charge in [0.05, 0.1) is 4.92 Å². The second-order valence-corrected chi connectivity index (χ2v) is 5.04. The summed E-state index contributed by atoms with van der Waals surface area (Å²) in [6.07, 6.45) is 0. The molecular weight excluding hydrogens is 220 g/mol. The average Bonchev–Trinajstić information content (AvgIpc) is 3.01. The van der Waals surface area contributed by atoms with E-state index in [1.54, 1.807) is 0 Å². The third kappa shape index (κ3) is 1.71. The van der Waals surface area contributed by atoms with Crippen molar-refractivity contribution >= 4 is 15.7 Å². The van der Waals surface area contributed by atoms with E-state index in [2.05, 4.69) is 0 Å². The van der Waals surface area contributed by atoms with E-state index in [0.29, 0.717) is 13.1 Å². The third-order valence-corrected chi connectivity index (χ3v) is 4.03. The minimum Gasteiger partial charge on any atom is -0.258 e. The number of nitrogens with zero attached hydrogens (tertiary/aromatic N) is 2. The molecule has 1 heterocycles. The number of rotatable bonds is 3. The summed E-state index contributed by atoms with van der Waals surface area (Å²) in [7, 11) is -3.65. The molecule has 0 radical (unpaired) electrons. The lowest BCUT2D eigenvalue weighted by molar-refractivity contribution is -0.387. The molecule has 80 valence electrons. The van der Waals surface area contributed by atoms with Gasteiger partial charge in [0, 0.05) is 19.2 Å². The molecule has 1 aromatic rings. The Balaban J connectivity index is 2.57. The van der Waals surface area contributed by atoms with Gasteiger partial charge >= 0.3 is 0 Å². The Labute approximate surface area is 86.3 Å². The van der Waals surface area contributed by atoms with E-state index in [9.17, 15) is 18.5 Å². The zero-order valence-corrected chi connectivity index (χ0v) is 8.48. The number of nitro groups is 1. The fourth-order valence-electron chi connectivity index (χ4n) is 1.25. The molecule has 0 bridgehead atoms. The molecular formula is C8H8N2O4S. The predicted octanol–water partition coefficient (Wildman–Crippen LogP) is 0.599. The van der Waals surface area contributed by atoms with Gasteiger partial charge in [-0.1, -0.05) is 12.1 Å². The molecule has 6 nitrogen and oxygen atoms in total. The van der Waals surface area contributed by atoms with Gasteiger partial charge in [-0.05, 0) is 6.07 Å². The molecule has 0 amide bonds. The second kappa shape index (κ2) is 3.28. The van der Waals surface area contributed by atoms with E-state index in [1.807, 2.05) is 0 Å². The Hall–Kier alpha value is -1.47. The van der Waals surface area contributed by atoms with Crippen LogP contribution < -0.4 is 0 Å². The molecule has 1 saturated heterocycles. The van der Waals surface area contributed by atoms with Crippen LogP contribution in [0.25, 0.3) is 0 Å². The fraction of sp³-hybridized carbons (Fsp3) is 0.250. The van der Waals surface area contributed by atoms with Gasteiger partial charge in [-0.2, -0.15) is 4.31 Å². The number of benzene rings is 1. The number of nitro benzene ring substituents is 1. The van der Waals surface area contributed by atoms with Gasteiger partial charge in [0.2, 0.25) is 10.0 Å². The lowest BCUT2D eigenvalue weighted by Gasteiger charge is -2.03. The summed E-state index contributed by atoms with van der Waals surface area (Å²) in [5.74, 6) is 0. The van der Waals surface area contributed by atoms with Crippen LogP contribution in [-0.4, -0.2) is 30.7 Å². The van der Waals surface area contributed by atoms with Crippen molar-refractivity contribution < 1.29 is 13.3 Å². The molecule has 7 heteroatoms. The molecule has 1 fully saturated rings. The first-order valence-electron chi connectivity index (χ1n) is 4.27. The van der Waals surface area contributed by atoms with E-state index < -0.39 is 14.9 Å². The number of para-hydroxylation sites is 1. The first kappa shape index (κ1) is 10.1. The van der Waals surface area contributed by atoms with Crippen molar-refractivity contribution in [1.82, 2.24) is 4.31 Å². The molecule has 1 aromatic carbocycles. The van der Waals surface area contributed by atoms with E-state index >= 15 is 0 Å². The zero-order valence-electron chi connectivity index (χ0n) is 7.66. The molecule has 0 saturated carbocycles. The van der Waals surface area contributed by atoms with Crippen molar-refractivity contribution in [2.75, 3.05) is 13.1 Å². The molecule has 0 aromatic heterocycles. The minimum absolute atomic E-state index is 0.229. The van der Waals surface area contributed by atoms with Gasteiger partial charge in [0.15, 0.2) is 4.90 Å². The quantitative estimate of drug-likeness (QED) is 0.431. The van der Waals surface area contributed by atoms with Gasteiger partial charge in [-0.15, -0.1) is 0 Å². The number of hydrogen-bond donors (Lipinski definition) is 0. The maximum Gasteiger partial charge on any atom is 0.289 e. The topological polar surface area (TPSA) is 80.3 Å². The standard InChI is InChI=1S/C8H8N2O4S/c11-10(12)7-3-1-2-4-8(7)15(13,14)9-5-6-9/h1-4H,5-6H2. The monoisotopic (exact) mass is 228 g/mol. The molecule has 1 aliphatic rings. The van der Waals surface area contributed by atoms with Crippen molar-refractivity contribution in [3.63, 3.8) is 0 Å². The maximum atomic E-state index is 11.7. The normalized spacial score (nSPS) is 16.3. The Kier molecular flexibility index (Phi) is 2.20. The summed E-state index contributed by atoms with van der Waals surface area (Å²) in [4.78, 5) is 9.72. The zero-order chi connectivity index (χ0) is 11.1. The Morgan fingerprint density at radius 3 is 2.40 bits per heavy atom. The maximum absolute atomic E-state index is 11.7. The van der Waals surface area contributed by atoms with Crippen molar-refractivity contribution in [2.24, 2.45) is 0 Å². The highest BCUT2D eigenvalue weighted by Gasteiger charge is 2.37. The largest absolute Gasteiger partial charge is 0.289 e. The van der Waals surface area contributed by atoms with E-state index in [1.165, 1.54) is 28.6 Å². The van der Waals surface area contributed by atoms with Gasteiger partial charge in [0.25, 0.3) is 5.69 Å². The summed E-state index contributed by atoms with van der Waals surface area (Å²) in [5.41, 5.74) is -0.371. The Morgan fingerprint density at radius 1 is 1.27 bits per heavy atom. The molecule has 0 spiro atoms. The summed E-state index contributed by atoms with van der Waals surface area (Å²) in [6.45, 7) is 0.878. The molecule has 0 unspecified atom stereocenters. The van der Waals surface area contributed by atoms with Crippen LogP contribution in [-0.2, 0) is 10.0 Å². The van der Waals surface area contributed by atoms with Crippen LogP contribution in [0.3, 0.4) is 0 Å². The van der Waals surface area contributed by atoms with Gasteiger partial charge in [-0.3, -0.25) is 10.1 Å². The molecule has 15 heavy (non-hydrogen) atoms. The summed E-state index contributed by atoms with van der Waals surface area (Å²) >= 11 is 0. The van der Waals surface area contributed by atoms with Crippen LogP contribution in [0.5, 0.6) is 0 Å². The summed E-state index contributed by atoms with van der Waals surface area (Å²) < 4.78 is 24.7. The third-order valence-electron chi connectivity index (χ3n) is 2.09. The van der Waals surface area contributed by atoms with E-state index in [0.717, 1.165) is 0 Å². The Bertz CT molecular complexity index is 507. The second-order valence-electron chi connectivity index (χ2n) is 3.13. The van der Waals surface area contributed by atoms with Crippen molar-refractivity contribution in [3.05, 3.63) is 34.4 Å². The first-order valence-corrected chi connectivity index (χ1v) is 5.71. The molecule has 0 atom stereocenters. The van der Waals surface area contributed by atoms with Crippen LogP contribution in [0.4, 0.5) is 5.69 Å². The van der Waals surface area contributed by atoms with E-state index in [-0.39, 0.29) is 10.6 Å². The van der Waals surface area contributed by atoms with Crippen molar-refractivity contribution in [1.29, 1.82) is 0 Å². The minimum atomic E-state index is -3.65. The highest BCUT2D eigenvalue weighted by Crippen LogP contribution is 2.28. The number of hydrogen-bond acceptors (Lipinski definition) is 4. The molecule has 0 aliphatic carbocycles. The molecule has 2 rings (SSSR count). The van der Waals surface area contributed by atoms with Crippen LogP contribution in [0, 0.1) is 10.1 Å². The molecule has 0 N–H and O–H groups in total. The summed E-state index contributed by atoms with van der Waals surface area (Å²) in [5, 5.41) is 10.6. The smallest absolute Gasteiger partial charge is 0.258 e. The lowest BCUT2D eigenvalue weighted by Crippen LogP contribution is -2.13. The van der Waals surface area contributed by atoms with E-state index in [4.69, 9.17) is 0 Å². The average molecular weight is 228 g/mol. The highest BCUT2D eigenvalue weighted by atomic mass is 32.2. The SMILES string of the molecule is O=[N+]([O-])c1ccccc1S(=O)(=O)N1CC1. The van der Waals surface area contributed by atoms with Crippen molar-refractivity contribution in [3.8, 4) is 0 Å². The van der Waals surface area contributed by atoms with Crippen LogP contribution >= 0.6 is 0 Å². The fourth-order valence-corrected chi connectivity index (χ4v) is 2.74. The highest BCUT2D eigenvalue weighted by molar-refractivity contribution is 7.89. The van der Waals surface area contributed by atoms with Crippen LogP contribution in [0.2, 0.25) is 0 Å².